The van der Waals surface area contributed by atoms with Crippen LogP contribution in [0, 0.1) is 11.8 Å². The summed E-state index contributed by atoms with van der Waals surface area (Å²) in [4.78, 5) is 13.7. The van der Waals surface area contributed by atoms with Gasteiger partial charge in [-0.25, -0.2) is 0 Å². The Morgan fingerprint density at radius 1 is 1.30 bits per heavy atom. The third kappa shape index (κ3) is 4.92. The third-order valence-electron chi connectivity index (χ3n) is 7.14. The Hall–Kier alpha value is -1.79. The van der Waals surface area contributed by atoms with E-state index in [2.05, 4.69) is 6.92 Å². The van der Waals surface area contributed by atoms with E-state index >= 15 is 0 Å². The molecule has 1 heterocycles. The average Bonchev–Trinajstić information content (AvgIpc) is 3.38. The first-order valence-corrected chi connectivity index (χ1v) is 11.3. The maximum atomic E-state index is 12.1. The molecule has 0 radical (unpaired) electrons. The third-order valence-corrected chi connectivity index (χ3v) is 7.14. The summed E-state index contributed by atoms with van der Waals surface area (Å²) in [5, 5.41) is 19.7. The van der Waals surface area contributed by atoms with Crippen LogP contribution in [0.1, 0.15) is 57.9 Å². The second kappa shape index (κ2) is 10.0. The zero-order valence-corrected chi connectivity index (χ0v) is 18.6. The highest BCUT2D eigenvalue weighted by atomic mass is 16.5. The first kappa shape index (κ1) is 22.9. The highest BCUT2D eigenvalue weighted by molar-refractivity contribution is 5.77. The molecule has 2 N–H and O–H groups in total. The van der Waals surface area contributed by atoms with E-state index in [-0.39, 0.29) is 11.8 Å². The molecule has 1 aromatic carbocycles. The zero-order chi connectivity index (χ0) is 21.7. The molecule has 1 aliphatic carbocycles. The van der Waals surface area contributed by atoms with Gasteiger partial charge in [-0.1, -0.05) is 38.7 Å². The van der Waals surface area contributed by atoms with Crippen LogP contribution in [0.2, 0.25) is 0 Å². The Bertz CT molecular complexity index is 716. The predicted molar refractivity (Wildman–Crippen MR) is 116 cm³/mol. The fourth-order valence-corrected chi connectivity index (χ4v) is 5.30. The lowest BCUT2D eigenvalue weighted by Crippen LogP contribution is -2.37. The number of ether oxygens (including phenoxy) is 2. The molecule has 1 aromatic rings. The van der Waals surface area contributed by atoms with Gasteiger partial charge in [0.1, 0.15) is 6.61 Å². The average molecular weight is 420 g/mol. The first-order valence-electron chi connectivity index (χ1n) is 11.3. The standard InChI is InChI=1S/C24H37NO5/c1-17(27)20-14-25(23(28)15-26)16-24(20,2)19-10-11-21(29-3)22(13-19)30-12-6-9-18-7-4-5-8-18/h10-11,13,17-18,20,26-27H,4-9,12,14-16H2,1-3H3/t17-,20+,24-/m1/s1. The van der Waals surface area contributed by atoms with E-state index < -0.39 is 18.1 Å². The summed E-state index contributed by atoms with van der Waals surface area (Å²) >= 11 is 0. The molecule has 6 heteroatoms. The number of amides is 1. The van der Waals surface area contributed by atoms with E-state index in [1.54, 1.807) is 18.9 Å². The largest absolute Gasteiger partial charge is 0.493 e. The number of rotatable bonds is 9. The molecule has 1 amide bonds. The number of benzene rings is 1. The van der Waals surface area contributed by atoms with Crippen molar-refractivity contribution >= 4 is 5.91 Å². The molecule has 0 aromatic heterocycles. The number of carbonyl (C=O) groups excluding carboxylic acids is 1. The molecule has 1 aliphatic heterocycles. The van der Waals surface area contributed by atoms with E-state index in [9.17, 15) is 15.0 Å². The SMILES string of the molecule is COc1ccc([C@@]2(C)CN(C(=O)CO)C[C@H]2[C@@H](C)O)cc1OCCCC1CCCC1. The van der Waals surface area contributed by atoms with Gasteiger partial charge < -0.3 is 24.6 Å². The highest BCUT2D eigenvalue weighted by Gasteiger charge is 2.47. The van der Waals surface area contributed by atoms with Crippen molar-refractivity contribution in [3.8, 4) is 11.5 Å². The Kier molecular flexibility index (Phi) is 7.64. The molecular weight excluding hydrogens is 382 g/mol. The van der Waals surface area contributed by atoms with Crippen molar-refractivity contribution in [3.63, 3.8) is 0 Å². The molecule has 168 valence electrons. The van der Waals surface area contributed by atoms with E-state index in [0.717, 1.165) is 17.9 Å². The molecule has 2 aliphatic rings. The van der Waals surface area contributed by atoms with Gasteiger partial charge in [0.2, 0.25) is 5.91 Å². The van der Waals surface area contributed by atoms with Gasteiger partial charge in [-0.2, -0.15) is 0 Å². The van der Waals surface area contributed by atoms with E-state index in [4.69, 9.17) is 9.47 Å². The number of aliphatic hydroxyl groups is 2. The summed E-state index contributed by atoms with van der Waals surface area (Å²) in [5.74, 6) is 1.82. The number of hydrogen-bond acceptors (Lipinski definition) is 5. The molecule has 2 fully saturated rings. The monoisotopic (exact) mass is 419 g/mol. The van der Waals surface area contributed by atoms with Gasteiger partial charge in [-0.05, 0) is 43.4 Å². The minimum absolute atomic E-state index is 0.128. The Labute approximate surface area is 180 Å². The molecule has 0 unspecified atom stereocenters. The van der Waals surface area contributed by atoms with E-state index in [0.29, 0.717) is 31.2 Å². The van der Waals surface area contributed by atoms with Crippen LogP contribution in [0.25, 0.3) is 0 Å². The zero-order valence-electron chi connectivity index (χ0n) is 18.6. The molecule has 0 spiro atoms. The summed E-state index contributed by atoms with van der Waals surface area (Å²) < 4.78 is 11.6. The Morgan fingerprint density at radius 2 is 2.03 bits per heavy atom. The smallest absolute Gasteiger partial charge is 0.248 e. The lowest BCUT2D eigenvalue weighted by atomic mass is 9.72. The van der Waals surface area contributed by atoms with E-state index in [1.807, 2.05) is 18.2 Å². The van der Waals surface area contributed by atoms with Crippen LogP contribution in [0.15, 0.2) is 18.2 Å². The molecule has 30 heavy (non-hydrogen) atoms. The predicted octanol–water partition coefficient (Wildman–Crippen LogP) is 3.13. The van der Waals surface area contributed by atoms with Crippen molar-refractivity contribution < 1.29 is 24.5 Å². The fourth-order valence-electron chi connectivity index (χ4n) is 5.30. The highest BCUT2D eigenvalue weighted by Crippen LogP contribution is 2.43. The molecule has 3 atom stereocenters. The maximum absolute atomic E-state index is 12.1. The summed E-state index contributed by atoms with van der Waals surface area (Å²) in [5.41, 5.74) is 0.570. The second-order valence-corrected chi connectivity index (χ2v) is 9.20. The van der Waals surface area contributed by atoms with Crippen LogP contribution < -0.4 is 9.47 Å². The van der Waals surface area contributed by atoms with Gasteiger partial charge in [0.15, 0.2) is 11.5 Å². The fraction of sp³-hybridized carbons (Fsp3) is 0.708. The Balaban J connectivity index is 1.75. The number of nitrogens with zero attached hydrogens (tertiary/aromatic N) is 1. The van der Waals surface area contributed by atoms with Crippen molar-refractivity contribution in [3.05, 3.63) is 23.8 Å². The van der Waals surface area contributed by atoms with E-state index in [1.165, 1.54) is 32.1 Å². The van der Waals surface area contributed by atoms with Crippen molar-refractivity contribution in [2.24, 2.45) is 11.8 Å². The van der Waals surface area contributed by atoms with Gasteiger partial charge in [0, 0.05) is 24.4 Å². The van der Waals surface area contributed by atoms with Crippen molar-refractivity contribution in [2.45, 2.75) is 63.9 Å². The maximum Gasteiger partial charge on any atom is 0.248 e. The number of likely N-dealkylation sites (tertiary alicyclic amines) is 1. The van der Waals surface area contributed by atoms with Crippen molar-refractivity contribution in [2.75, 3.05) is 33.4 Å². The van der Waals surface area contributed by atoms with Crippen molar-refractivity contribution in [1.29, 1.82) is 0 Å². The molecular formula is C24H37NO5. The minimum Gasteiger partial charge on any atom is -0.493 e. The summed E-state index contributed by atoms with van der Waals surface area (Å²) in [6, 6.07) is 5.89. The molecule has 6 nitrogen and oxygen atoms in total. The van der Waals surface area contributed by atoms with Crippen LogP contribution in [-0.4, -0.2) is 60.5 Å². The van der Waals surface area contributed by atoms with Crippen LogP contribution in [-0.2, 0) is 10.2 Å². The Morgan fingerprint density at radius 3 is 2.67 bits per heavy atom. The van der Waals surface area contributed by atoms with Crippen molar-refractivity contribution in [1.82, 2.24) is 4.90 Å². The number of hydrogen-bond donors (Lipinski definition) is 2. The second-order valence-electron chi connectivity index (χ2n) is 9.20. The number of aliphatic hydroxyl groups excluding tert-OH is 2. The van der Waals surface area contributed by atoms with Gasteiger partial charge in [-0.3, -0.25) is 4.79 Å². The normalized spacial score (nSPS) is 25.5. The number of methoxy groups -OCH3 is 1. The van der Waals surface area contributed by atoms with Gasteiger partial charge in [0.05, 0.1) is 19.8 Å². The van der Waals surface area contributed by atoms with Gasteiger partial charge >= 0.3 is 0 Å². The molecule has 1 saturated carbocycles. The number of carbonyl (C=O) groups is 1. The quantitative estimate of drug-likeness (QED) is 0.601. The minimum atomic E-state index is -0.579. The topological polar surface area (TPSA) is 79.2 Å². The summed E-state index contributed by atoms with van der Waals surface area (Å²) in [6.07, 6.45) is 7.08. The van der Waals surface area contributed by atoms with Crippen LogP contribution >= 0.6 is 0 Å². The van der Waals surface area contributed by atoms with Gasteiger partial charge in [-0.15, -0.1) is 0 Å². The molecule has 3 rings (SSSR count). The summed E-state index contributed by atoms with van der Waals surface area (Å²) in [7, 11) is 1.64. The van der Waals surface area contributed by atoms with Crippen LogP contribution in [0.3, 0.4) is 0 Å². The lowest BCUT2D eigenvalue weighted by molar-refractivity contribution is -0.133. The molecule has 1 saturated heterocycles. The van der Waals surface area contributed by atoms with Crippen LogP contribution in [0.5, 0.6) is 11.5 Å². The van der Waals surface area contributed by atoms with Gasteiger partial charge in [0.25, 0.3) is 0 Å². The molecule has 0 bridgehead atoms. The van der Waals surface area contributed by atoms with Crippen LogP contribution in [0.4, 0.5) is 0 Å². The first-order chi connectivity index (χ1) is 14.4. The summed E-state index contributed by atoms with van der Waals surface area (Å²) in [6.45, 7) is 4.86. The lowest BCUT2D eigenvalue weighted by Gasteiger charge is -2.33.